The number of hydrogen-bond donors (Lipinski definition) is 2. The monoisotopic (exact) mass is 262 g/mol. The van der Waals surface area contributed by atoms with Gasteiger partial charge in [-0.3, -0.25) is 0 Å². The van der Waals surface area contributed by atoms with E-state index in [0.29, 0.717) is 17.8 Å². The van der Waals surface area contributed by atoms with Crippen LogP contribution < -0.4 is 0 Å². The van der Waals surface area contributed by atoms with Crippen molar-refractivity contribution in [2.24, 2.45) is 11.3 Å². The normalized spacial score (nSPS) is 41.3. The van der Waals surface area contributed by atoms with Crippen molar-refractivity contribution in [2.75, 3.05) is 0 Å². The smallest absolute Gasteiger partial charge is 0.339 e. The van der Waals surface area contributed by atoms with Gasteiger partial charge in [-0.25, -0.2) is 4.79 Å². The number of ether oxygens (including phenoxy) is 1. The molecule has 4 unspecified atom stereocenters. The standard InChI is InChI=1S/C15H18O4/c1-7-10-6-15(3)8(2)13(17)11(16)4-9(15)5-12(10)19-14(7)18/h4-5,8,11,13,16-17H,6H2,1-3H3. The Hall–Kier alpha value is -1.39. The highest BCUT2D eigenvalue weighted by atomic mass is 16.5. The van der Waals surface area contributed by atoms with E-state index in [1.807, 2.05) is 13.0 Å². The Balaban J connectivity index is 2.15. The summed E-state index contributed by atoms with van der Waals surface area (Å²) in [6, 6.07) is 0. The topological polar surface area (TPSA) is 66.8 Å². The third kappa shape index (κ3) is 1.56. The molecule has 4 nitrogen and oxygen atoms in total. The van der Waals surface area contributed by atoms with Gasteiger partial charge in [0.05, 0.1) is 12.2 Å². The molecule has 2 N–H and O–H groups in total. The van der Waals surface area contributed by atoms with Gasteiger partial charge in [0.15, 0.2) is 0 Å². The van der Waals surface area contributed by atoms with E-state index >= 15 is 0 Å². The predicted molar refractivity (Wildman–Crippen MR) is 68.9 cm³/mol. The number of allylic oxidation sites excluding steroid dienone is 3. The van der Waals surface area contributed by atoms with Crippen molar-refractivity contribution >= 4 is 5.97 Å². The minimum atomic E-state index is -0.862. The number of carbonyl (C=O) groups excluding carboxylic acids is 1. The Morgan fingerprint density at radius 2 is 2.11 bits per heavy atom. The Kier molecular flexibility index (Phi) is 2.53. The second-order valence-electron chi connectivity index (χ2n) is 5.99. The minimum Gasteiger partial charge on any atom is -0.423 e. The van der Waals surface area contributed by atoms with E-state index in [-0.39, 0.29) is 17.3 Å². The van der Waals surface area contributed by atoms with Crippen molar-refractivity contribution in [3.05, 3.63) is 34.6 Å². The minimum absolute atomic E-state index is 0.0868. The first kappa shape index (κ1) is 12.6. The largest absolute Gasteiger partial charge is 0.423 e. The molecule has 2 aliphatic carbocycles. The number of aliphatic hydroxyl groups excluding tert-OH is 2. The molecule has 102 valence electrons. The van der Waals surface area contributed by atoms with E-state index in [1.54, 1.807) is 13.0 Å². The van der Waals surface area contributed by atoms with E-state index < -0.39 is 12.2 Å². The van der Waals surface area contributed by atoms with Gasteiger partial charge in [0, 0.05) is 16.6 Å². The number of fused-ring (bicyclic) bond motifs is 2. The van der Waals surface area contributed by atoms with Crippen LogP contribution in [0.15, 0.2) is 34.6 Å². The van der Waals surface area contributed by atoms with Crippen LogP contribution in [0.2, 0.25) is 0 Å². The first-order chi connectivity index (χ1) is 8.84. The molecule has 4 heteroatoms. The molecule has 0 amide bonds. The van der Waals surface area contributed by atoms with Crippen LogP contribution in [-0.2, 0) is 9.53 Å². The zero-order chi connectivity index (χ0) is 13.9. The number of aliphatic hydroxyl groups is 2. The summed E-state index contributed by atoms with van der Waals surface area (Å²) in [7, 11) is 0. The van der Waals surface area contributed by atoms with E-state index in [0.717, 1.165) is 11.1 Å². The molecule has 1 aliphatic heterocycles. The highest BCUT2D eigenvalue weighted by molar-refractivity contribution is 5.94. The van der Waals surface area contributed by atoms with Crippen LogP contribution in [0.5, 0.6) is 0 Å². The van der Waals surface area contributed by atoms with Crippen molar-refractivity contribution in [3.63, 3.8) is 0 Å². The fourth-order valence-corrected chi connectivity index (χ4v) is 3.28. The number of hydrogen-bond acceptors (Lipinski definition) is 4. The van der Waals surface area contributed by atoms with Gasteiger partial charge >= 0.3 is 5.97 Å². The van der Waals surface area contributed by atoms with Gasteiger partial charge in [-0.1, -0.05) is 13.8 Å². The fourth-order valence-electron chi connectivity index (χ4n) is 3.28. The quantitative estimate of drug-likeness (QED) is 0.648. The highest BCUT2D eigenvalue weighted by Crippen LogP contribution is 2.53. The highest BCUT2D eigenvalue weighted by Gasteiger charge is 2.48. The van der Waals surface area contributed by atoms with Gasteiger partial charge in [0.1, 0.15) is 5.76 Å². The van der Waals surface area contributed by atoms with Crippen LogP contribution in [0.4, 0.5) is 0 Å². The van der Waals surface area contributed by atoms with Crippen molar-refractivity contribution < 1.29 is 19.7 Å². The molecular weight excluding hydrogens is 244 g/mol. The first-order valence-electron chi connectivity index (χ1n) is 6.57. The van der Waals surface area contributed by atoms with Gasteiger partial charge < -0.3 is 14.9 Å². The lowest BCUT2D eigenvalue weighted by atomic mass is 9.60. The van der Waals surface area contributed by atoms with Gasteiger partial charge in [-0.05, 0) is 37.0 Å². The summed E-state index contributed by atoms with van der Waals surface area (Å²) in [4.78, 5) is 11.6. The molecule has 4 atom stereocenters. The van der Waals surface area contributed by atoms with Crippen molar-refractivity contribution in [2.45, 2.75) is 39.4 Å². The summed E-state index contributed by atoms with van der Waals surface area (Å²) in [5.41, 5.74) is 2.26. The molecule has 0 aromatic heterocycles. The Bertz CT molecular complexity index is 554. The molecule has 0 spiro atoms. The predicted octanol–water partition coefficient (Wildman–Crippen LogP) is 1.45. The molecule has 3 aliphatic rings. The summed E-state index contributed by atoms with van der Waals surface area (Å²) in [5, 5.41) is 19.9. The van der Waals surface area contributed by atoms with Gasteiger partial charge in [0.25, 0.3) is 0 Å². The summed E-state index contributed by atoms with van der Waals surface area (Å²) in [6.07, 6.45) is 2.53. The van der Waals surface area contributed by atoms with Gasteiger partial charge in [-0.15, -0.1) is 0 Å². The average molecular weight is 262 g/mol. The van der Waals surface area contributed by atoms with Gasteiger partial charge in [0.2, 0.25) is 0 Å². The molecule has 0 fully saturated rings. The van der Waals surface area contributed by atoms with Crippen LogP contribution >= 0.6 is 0 Å². The van der Waals surface area contributed by atoms with Crippen LogP contribution in [0.1, 0.15) is 27.2 Å². The van der Waals surface area contributed by atoms with E-state index in [2.05, 4.69) is 6.92 Å². The second-order valence-corrected chi connectivity index (χ2v) is 5.99. The third-order valence-corrected chi connectivity index (χ3v) is 4.97. The molecule has 3 rings (SSSR count). The fraction of sp³-hybridized carbons (Fsp3) is 0.533. The molecule has 0 aromatic rings. The number of carbonyl (C=O) groups is 1. The SMILES string of the molecule is CC1=C2CC3(C)C(=CC(O)C(O)C3C)C=C2OC1=O. The Morgan fingerprint density at radius 3 is 2.79 bits per heavy atom. The van der Waals surface area contributed by atoms with E-state index in [4.69, 9.17) is 4.74 Å². The maximum absolute atomic E-state index is 11.6. The maximum atomic E-state index is 11.6. The van der Waals surface area contributed by atoms with E-state index in [1.165, 1.54) is 0 Å². The van der Waals surface area contributed by atoms with Crippen LogP contribution in [0, 0.1) is 11.3 Å². The van der Waals surface area contributed by atoms with Crippen LogP contribution in [-0.4, -0.2) is 28.4 Å². The van der Waals surface area contributed by atoms with Crippen molar-refractivity contribution in [3.8, 4) is 0 Å². The summed E-state index contributed by atoms with van der Waals surface area (Å²) < 4.78 is 5.23. The molecule has 1 heterocycles. The summed E-state index contributed by atoms with van der Waals surface area (Å²) in [5.74, 6) is 0.219. The third-order valence-electron chi connectivity index (χ3n) is 4.97. The molecule has 0 bridgehead atoms. The molecule has 0 saturated carbocycles. The lowest BCUT2D eigenvalue weighted by Gasteiger charge is -2.46. The lowest BCUT2D eigenvalue weighted by Crippen LogP contribution is -2.46. The molecule has 0 radical (unpaired) electrons. The second kappa shape index (κ2) is 3.81. The van der Waals surface area contributed by atoms with Gasteiger partial charge in [-0.2, -0.15) is 0 Å². The van der Waals surface area contributed by atoms with Crippen LogP contribution in [0.25, 0.3) is 0 Å². The Labute approximate surface area is 112 Å². The van der Waals surface area contributed by atoms with Crippen molar-refractivity contribution in [1.29, 1.82) is 0 Å². The summed E-state index contributed by atoms with van der Waals surface area (Å²) in [6.45, 7) is 5.78. The number of rotatable bonds is 0. The zero-order valence-electron chi connectivity index (χ0n) is 11.3. The van der Waals surface area contributed by atoms with E-state index in [9.17, 15) is 15.0 Å². The lowest BCUT2D eigenvalue weighted by molar-refractivity contribution is -0.133. The Morgan fingerprint density at radius 1 is 1.42 bits per heavy atom. The molecule has 19 heavy (non-hydrogen) atoms. The zero-order valence-corrected chi connectivity index (χ0v) is 11.3. The number of esters is 1. The maximum Gasteiger partial charge on any atom is 0.339 e. The first-order valence-corrected chi connectivity index (χ1v) is 6.57. The average Bonchev–Trinajstić information content (AvgIpc) is 2.62. The molecule has 0 saturated heterocycles. The molecule has 0 aromatic carbocycles. The molecular formula is C15H18O4. The van der Waals surface area contributed by atoms with Crippen molar-refractivity contribution in [1.82, 2.24) is 0 Å². The van der Waals surface area contributed by atoms with Crippen LogP contribution in [0.3, 0.4) is 0 Å². The summed E-state index contributed by atoms with van der Waals surface area (Å²) >= 11 is 0.